The van der Waals surface area contributed by atoms with E-state index < -0.39 is 18.0 Å². The van der Waals surface area contributed by atoms with Crippen molar-refractivity contribution in [1.29, 1.82) is 0 Å². The minimum atomic E-state index is -0.966. The van der Waals surface area contributed by atoms with E-state index in [1.165, 1.54) is 0 Å². The summed E-state index contributed by atoms with van der Waals surface area (Å²) in [5.41, 5.74) is 3.03. The number of pyridine rings is 2. The third-order valence-corrected chi connectivity index (χ3v) is 4.59. The zero-order valence-corrected chi connectivity index (χ0v) is 16.3. The number of rotatable bonds is 5. The zero-order chi connectivity index (χ0) is 20.9. The Morgan fingerprint density at radius 1 is 0.967 bits per heavy atom. The van der Waals surface area contributed by atoms with Gasteiger partial charge >= 0.3 is 5.97 Å². The summed E-state index contributed by atoms with van der Waals surface area (Å²) in [4.78, 5) is 34.1. The van der Waals surface area contributed by atoms with Gasteiger partial charge in [0.2, 0.25) is 0 Å². The molecule has 1 unspecified atom stereocenters. The van der Waals surface area contributed by atoms with Gasteiger partial charge in [0, 0.05) is 29.0 Å². The van der Waals surface area contributed by atoms with Crippen LogP contribution < -0.4 is 5.32 Å². The maximum Gasteiger partial charge on any atom is 0.339 e. The highest BCUT2D eigenvalue weighted by molar-refractivity contribution is 6.06. The molecule has 30 heavy (non-hydrogen) atoms. The molecule has 0 aliphatic heterocycles. The molecule has 0 fully saturated rings. The predicted molar refractivity (Wildman–Crippen MR) is 115 cm³/mol. The number of carbonyl (C=O) groups is 2. The van der Waals surface area contributed by atoms with Gasteiger partial charge in [-0.1, -0.05) is 36.4 Å². The smallest absolute Gasteiger partial charge is 0.339 e. The first-order valence-electron chi connectivity index (χ1n) is 9.49. The Hall–Kier alpha value is -4.06. The molecule has 2 aromatic carbocycles. The average molecular weight is 397 g/mol. The van der Waals surface area contributed by atoms with Gasteiger partial charge in [-0.3, -0.25) is 9.78 Å². The number of fused-ring (bicyclic) bond motifs is 1. The second kappa shape index (κ2) is 8.53. The summed E-state index contributed by atoms with van der Waals surface area (Å²) in [6.45, 7) is 1.54. The molecule has 1 amide bonds. The normalized spacial score (nSPS) is 11.6. The van der Waals surface area contributed by atoms with Crippen LogP contribution in [0.25, 0.3) is 22.2 Å². The maximum absolute atomic E-state index is 13.0. The lowest BCUT2D eigenvalue weighted by atomic mass is 10.0. The topological polar surface area (TPSA) is 81.2 Å². The Morgan fingerprint density at radius 3 is 2.50 bits per heavy atom. The molecular weight excluding hydrogens is 378 g/mol. The van der Waals surface area contributed by atoms with Crippen molar-refractivity contribution in [3.8, 4) is 11.3 Å². The van der Waals surface area contributed by atoms with E-state index in [4.69, 9.17) is 4.74 Å². The molecule has 2 aromatic heterocycles. The van der Waals surface area contributed by atoms with Gasteiger partial charge in [-0.05, 0) is 43.3 Å². The largest absolute Gasteiger partial charge is 0.449 e. The fourth-order valence-electron chi connectivity index (χ4n) is 3.05. The molecule has 1 atom stereocenters. The van der Waals surface area contributed by atoms with Crippen LogP contribution in [0, 0.1) is 0 Å². The van der Waals surface area contributed by atoms with Crippen molar-refractivity contribution in [2.24, 2.45) is 0 Å². The quantitative estimate of drug-likeness (QED) is 0.502. The van der Waals surface area contributed by atoms with Crippen LogP contribution >= 0.6 is 0 Å². The van der Waals surface area contributed by atoms with E-state index in [2.05, 4.69) is 15.3 Å². The van der Waals surface area contributed by atoms with Crippen LogP contribution in [-0.4, -0.2) is 27.9 Å². The highest BCUT2D eigenvalue weighted by atomic mass is 16.5. The van der Waals surface area contributed by atoms with E-state index in [0.717, 1.165) is 5.56 Å². The number of para-hydroxylation sites is 2. The van der Waals surface area contributed by atoms with Crippen LogP contribution in [0.5, 0.6) is 0 Å². The molecule has 0 saturated heterocycles. The van der Waals surface area contributed by atoms with Crippen molar-refractivity contribution in [3.63, 3.8) is 0 Å². The molecule has 0 radical (unpaired) electrons. The second-order valence-electron chi connectivity index (χ2n) is 6.72. The van der Waals surface area contributed by atoms with Crippen LogP contribution in [-0.2, 0) is 9.53 Å². The van der Waals surface area contributed by atoms with E-state index in [1.54, 1.807) is 49.6 Å². The van der Waals surface area contributed by atoms with Crippen LogP contribution in [0.4, 0.5) is 5.69 Å². The van der Waals surface area contributed by atoms with Gasteiger partial charge in [0.05, 0.1) is 16.8 Å². The second-order valence-corrected chi connectivity index (χ2v) is 6.72. The number of hydrogen-bond donors (Lipinski definition) is 1. The third-order valence-electron chi connectivity index (χ3n) is 4.59. The monoisotopic (exact) mass is 397 g/mol. The number of hydrogen-bond acceptors (Lipinski definition) is 5. The molecule has 6 heteroatoms. The molecule has 2 heterocycles. The fraction of sp³-hybridized carbons (Fsp3) is 0.0833. The Balaban J connectivity index is 1.61. The highest BCUT2D eigenvalue weighted by Crippen LogP contribution is 2.25. The van der Waals surface area contributed by atoms with Gasteiger partial charge in [0.25, 0.3) is 5.91 Å². The van der Waals surface area contributed by atoms with Crippen LogP contribution in [0.3, 0.4) is 0 Å². The van der Waals surface area contributed by atoms with Crippen molar-refractivity contribution in [2.45, 2.75) is 13.0 Å². The van der Waals surface area contributed by atoms with Crippen LogP contribution in [0.15, 0.2) is 85.2 Å². The summed E-state index contributed by atoms with van der Waals surface area (Å²) in [7, 11) is 0. The molecule has 148 valence electrons. The van der Waals surface area contributed by atoms with Crippen LogP contribution in [0.1, 0.15) is 17.3 Å². The lowest BCUT2D eigenvalue weighted by Crippen LogP contribution is -2.30. The summed E-state index contributed by atoms with van der Waals surface area (Å²) in [6, 6.07) is 21.7. The van der Waals surface area contributed by atoms with E-state index in [-0.39, 0.29) is 0 Å². The van der Waals surface area contributed by atoms with Gasteiger partial charge in [0.15, 0.2) is 6.10 Å². The van der Waals surface area contributed by atoms with Crippen molar-refractivity contribution >= 4 is 28.5 Å². The molecule has 0 aliphatic carbocycles. The number of amides is 1. The maximum atomic E-state index is 13.0. The molecule has 4 aromatic rings. The number of nitrogens with one attached hydrogen (secondary N) is 1. The first kappa shape index (κ1) is 19.3. The minimum Gasteiger partial charge on any atom is -0.449 e. The Morgan fingerprint density at radius 2 is 1.73 bits per heavy atom. The predicted octanol–water partition coefficient (Wildman–Crippen LogP) is 4.48. The first-order valence-corrected chi connectivity index (χ1v) is 9.49. The molecule has 1 N–H and O–H groups in total. The van der Waals surface area contributed by atoms with Crippen molar-refractivity contribution in [1.82, 2.24) is 9.97 Å². The van der Waals surface area contributed by atoms with Crippen LogP contribution in [0.2, 0.25) is 0 Å². The summed E-state index contributed by atoms with van der Waals surface area (Å²) in [5.74, 6) is -0.991. The van der Waals surface area contributed by atoms with Gasteiger partial charge in [0.1, 0.15) is 0 Å². The number of aromatic nitrogens is 2. The molecule has 0 saturated carbocycles. The van der Waals surface area contributed by atoms with E-state index in [0.29, 0.717) is 27.8 Å². The Bertz CT molecular complexity index is 1190. The number of carbonyl (C=O) groups excluding carboxylic acids is 2. The van der Waals surface area contributed by atoms with E-state index >= 15 is 0 Å². The van der Waals surface area contributed by atoms with Gasteiger partial charge < -0.3 is 10.1 Å². The number of nitrogens with zero attached hydrogens (tertiary/aromatic N) is 2. The van der Waals surface area contributed by atoms with Gasteiger partial charge in [-0.25, -0.2) is 9.78 Å². The standard InChI is InChI=1S/C24H19N3O3/c1-16(23(28)26-18-9-3-2-4-10-18)30-24(29)20-14-22(17-8-7-13-25-15-17)27-21-12-6-5-11-19(20)21/h2-16H,1H3,(H,26,28). The van der Waals surface area contributed by atoms with Crippen molar-refractivity contribution < 1.29 is 14.3 Å². The zero-order valence-electron chi connectivity index (χ0n) is 16.3. The SMILES string of the molecule is CC(OC(=O)c1cc(-c2cccnc2)nc2ccccc12)C(=O)Nc1ccccc1. The lowest BCUT2D eigenvalue weighted by Gasteiger charge is -2.15. The lowest BCUT2D eigenvalue weighted by molar-refractivity contribution is -0.123. The summed E-state index contributed by atoms with van der Waals surface area (Å²) in [6.07, 6.45) is 2.39. The molecule has 0 aliphatic rings. The minimum absolute atomic E-state index is 0.346. The summed E-state index contributed by atoms with van der Waals surface area (Å²) < 4.78 is 5.48. The van der Waals surface area contributed by atoms with Crippen molar-refractivity contribution in [2.75, 3.05) is 5.32 Å². The van der Waals surface area contributed by atoms with Crippen molar-refractivity contribution in [3.05, 3.63) is 90.8 Å². The average Bonchev–Trinajstić information content (AvgIpc) is 2.79. The fourth-order valence-corrected chi connectivity index (χ4v) is 3.05. The highest BCUT2D eigenvalue weighted by Gasteiger charge is 2.21. The Labute approximate surface area is 173 Å². The summed E-state index contributed by atoms with van der Waals surface area (Å²) >= 11 is 0. The molecular formula is C24H19N3O3. The number of anilines is 1. The van der Waals surface area contributed by atoms with Gasteiger partial charge in [-0.15, -0.1) is 0 Å². The Kier molecular flexibility index (Phi) is 5.48. The molecule has 0 spiro atoms. The molecule has 6 nitrogen and oxygen atoms in total. The van der Waals surface area contributed by atoms with Gasteiger partial charge in [-0.2, -0.15) is 0 Å². The number of benzene rings is 2. The molecule has 0 bridgehead atoms. The molecule has 4 rings (SSSR count). The number of esters is 1. The first-order chi connectivity index (χ1) is 14.6. The van der Waals surface area contributed by atoms with E-state index in [9.17, 15) is 9.59 Å². The summed E-state index contributed by atoms with van der Waals surface area (Å²) in [5, 5.41) is 3.39. The number of ether oxygens (including phenoxy) is 1. The third kappa shape index (κ3) is 4.17. The van der Waals surface area contributed by atoms with E-state index in [1.807, 2.05) is 42.5 Å².